The summed E-state index contributed by atoms with van der Waals surface area (Å²) < 4.78 is 5.19. The lowest BCUT2D eigenvalue weighted by molar-refractivity contribution is 0.0929. The van der Waals surface area contributed by atoms with Crippen LogP contribution in [0.15, 0.2) is 24.3 Å². The van der Waals surface area contributed by atoms with Crippen molar-refractivity contribution in [2.24, 2.45) is 0 Å². The summed E-state index contributed by atoms with van der Waals surface area (Å²) in [5, 5.41) is 9.72. The molecule has 1 aliphatic rings. The van der Waals surface area contributed by atoms with E-state index in [1.165, 1.54) is 0 Å². The van der Waals surface area contributed by atoms with Crippen LogP contribution < -0.4 is 10.1 Å². The first-order valence-corrected chi connectivity index (χ1v) is 7.04. The van der Waals surface area contributed by atoms with Crippen molar-refractivity contribution in [3.8, 4) is 5.75 Å². The molecule has 6 heteroatoms. The van der Waals surface area contributed by atoms with E-state index in [2.05, 4.69) is 20.5 Å². The fourth-order valence-electron chi connectivity index (χ4n) is 2.17. The summed E-state index contributed by atoms with van der Waals surface area (Å²) in [4.78, 5) is 16.4. The normalized spacial score (nSPS) is 15.5. The van der Waals surface area contributed by atoms with Crippen LogP contribution >= 0.6 is 0 Å². The lowest BCUT2D eigenvalue weighted by Gasteiger charge is -2.13. The molecule has 1 unspecified atom stereocenters. The van der Waals surface area contributed by atoms with Gasteiger partial charge in [0.2, 0.25) is 5.82 Å². The van der Waals surface area contributed by atoms with Crippen molar-refractivity contribution in [3.63, 3.8) is 0 Å². The molecular formula is C15H18N4O2. The highest BCUT2D eigenvalue weighted by Gasteiger charge is 2.28. The number of hydrogen-bond donors (Lipinski definition) is 2. The molecule has 0 aliphatic heterocycles. The molecule has 1 amide bonds. The molecule has 1 aromatic carbocycles. The molecule has 21 heavy (non-hydrogen) atoms. The van der Waals surface area contributed by atoms with E-state index >= 15 is 0 Å². The number of rotatable bonds is 5. The smallest absolute Gasteiger partial charge is 0.291 e. The molecular weight excluding hydrogens is 268 g/mol. The molecule has 6 nitrogen and oxygen atoms in total. The Balaban J connectivity index is 1.67. The highest BCUT2D eigenvalue weighted by Crippen LogP contribution is 2.37. The molecule has 0 radical (unpaired) electrons. The van der Waals surface area contributed by atoms with Gasteiger partial charge in [0.1, 0.15) is 11.6 Å². The van der Waals surface area contributed by atoms with Crippen molar-refractivity contribution in [3.05, 3.63) is 41.5 Å². The fourth-order valence-corrected chi connectivity index (χ4v) is 2.17. The van der Waals surface area contributed by atoms with Crippen LogP contribution in [-0.4, -0.2) is 28.2 Å². The molecule has 1 atom stereocenters. The van der Waals surface area contributed by atoms with E-state index in [0.717, 1.165) is 30.0 Å². The Labute approximate surface area is 122 Å². The van der Waals surface area contributed by atoms with E-state index < -0.39 is 0 Å². The highest BCUT2D eigenvalue weighted by molar-refractivity contribution is 5.90. The molecule has 3 rings (SSSR count). The largest absolute Gasteiger partial charge is 0.497 e. The minimum atomic E-state index is -0.270. The molecule has 1 aromatic heterocycles. The Hall–Kier alpha value is -2.37. The van der Waals surface area contributed by atoms with Crippen molar-refractivity contribution >= 4 is 5.91 Å². The summed E-state index contributed by atoms with van der Waals surface area (Å²) in [6.45, 7) is 1.92. The van der Waals surface area contributed by atoms with Gasteiger partial charge >= 0.3 is 0 Å². The second-order valence-corrected chi connectivity index (χ2v) is 5.29. The molecule has 0 saturated heterocycles. The summed E-state index contributed by atoms with van der Waals surface area (Å²) in [5.41, 5.74) is 0.973. The average molecular weight is 286 g/mol. The minimum Gasteiger partial charge on any atom is -0.497 e. The van der Waals surface area contributed by atoms with Crippen molar-refractivity contribution < 1.29 is 9.53 Å². The molecule has 1 fully saturated rings. The number of aromatic nitrogens is 3. The first kappa shape index (κ1) is 13.6. The number of nitrogens with one attached hydrogen (secondary N) is 2. The lowest BCUT2D eigenvalue weighted by Crippen LogP contribution is -2.27. The number of hydrogen-bond acceptors (Lipinski definition) is 4. The Morgan fingerprint density at radius 3 is 3.00 bits per heavy atom. The molecule has 0 bridgehead atoms. The van der Waals surface area contributed by atoms with E-state index in [1.807, 2.05) is 31.2 Å². The molecule has 2 N–H and O–H groups in total. The van der Waals surface area contributed by atoms with Gasteiger partial charge in [-0.3, -0.25) is 9.89 Å². The SMILES string of the molecule is COc1cccc(C(C)NC(=O)c2n[nH]c(C3CC3)n2)c1. The van der Waals surface area contributed by atoms with E-state index in [0.29, 0.717) is 5.92 Å². The third-order valence-corrected chi connectivity index (χ3v) is 3.61. The molecule has 1 aliphatic carbocycles. The number of methoxy groups -OCH3 is 1. The maximum absolute atomic E-state index is 12.2. The molecule has 1 heterocycles. The molecule has 0 spiro atoms. The van der Waals surface area contributed by atoms with Crippen LogP contribution in [0.5, 0.6) is 5.75 Å². The predicted octanol–water partition coefficient (Wildman–Crippen LogP) is 2.18. The summed E-state index contributed by atoms with van der Waals surface area (Å²) in [5.74, 6) is 1.96. The van der Waals surface area contributed by atoms with Gasteiger partial charge in [-0.2, -0.15) is 0 Å². The molecule has 1 saturated carbocycles. The fraction of sp³-hybridized carbons (Fsp3) is 0.400. The summed E-state index contributed by atoms with van der Waals surface area (Å²) in [6, 6.07) is 7.47. The maximum Gasteiger partial charge on any atom is 0.291 e. The topological polar surface area (TPSA) is 79.9 Å². The van der Waals surface area contributed by atoms with Crippen LogP contribution in [0.25, 0.3) is 0 Å². The number of benzene rings is 1. The monoisotopic (exact) mass is 286 g/mol. The van der Waals surface area contributed by atoms with Gasteiger partial charge in [-0.05, 0) is 37.5 Å². The van der Waals surface area contributed by atoms with Gasteiger partial charge in [0, 0.05) is 5.92 Å². The number of aromatic amines is 1. The third-order valence-electron chi connectivity index (χ3n) is 3.61. The van der Waals surface area contributed by atoms with Crippen LogP contribution in [0.1, 0.15) is 53.7 Å². The minimum absolute atomic E-state index is 0.143. The Morgan fingerprint density at radius 1 is 1.48 bits per heavy atom. The van der Waals surface area contributed by atoms with Gasteiger partial charge in [0.05, 0.1) is 13.2 Å². The van der Waals surface area contributed by atoms with Gasteiger partial charge in [-0.25, -0.2) is 4.98 Å². The average Bonchev–Trinajstić information content (AvgIpc) is 3.24. The van der Waals surface area contributed by atoms with Crippen LogP contribution in [0.3, 0.4) is 0 Å². The molecule has 110 valence electrons. The van der Waals surface area contributed by atoms with Crippen LogP contribution in [0.4, 0.5) is 0 Å². The van der Waals surface area contributed by atoms with Crippen molar-refractivity contribution in [2.75, 3.05) is 7.11 Å². The zero-order valence-corrected chi connectivity index (χ0v) is 12.1. The lowest BCUT2D eigenvalue weighted by atomic mass is 10.1. The van der Waals surface area contributed by atoms with Crippen LogP contribution in [0.2, 0.25) is 0 Å². The van der Waals surface area contributed by atoms with E-state index in [1.54, 1.807) is 7.11 Å². The van der Waals surface area contributed by atoms with E-state index in [4.69, 9.17) is 4.74 Å². The summed E-state index contributed by atoms with van der Waals surface area (Å²) in [6.07, 6.45) is 2.24. The van der Waals surface area contributed by atoms with Crippen molar-refractivity contribution in [2.45, 2.75) is 31.7 Å². The predicted molar refractivity (Wildman–Crippen MR) is 77.2 cm³/mol. The number of nitrogens with zero attached hydrogens (tertiary/aromatic N) is 2. The maximum atomic E-state index is 12.2. The first-order chi connectivity index (χ1) is 10.2. The number of ether oxygens (including phenoxy) is 1. The van der Waals surface area contributed by atoms with Gasteiger partial charge in [-0.1, -0.05) is 12.1 Å². The van der Waals surface area contributed by atoms with Crippen molar-refractivity contribution in [1.82, 2.24) is 20.5 Å². The zero-order chi connectivity index (χ0) is 14.8. The van der Waals surface area contributed by atoms with Gasteiger partial charge < -0.3 is 10.1 Å². The summed E-state index contributed by atoms with van der Waals surface area (Å²) in [7, 11) is 1.62. The summed E-state index contributed by atoms with van der Waals surface area (Å²) >= 11 is 0. The Kier molecular flexibility index (Phi) is 3.60. The number of carbonyl (C=O) groups excluding carboxylic acids is 1. The zero-order valence-electron chi connectivity index (χ0n) is 12.1. The number of amides is 1. The highest BCUT2D eigenvalue weighted by atomic mass is 16.5. The quantitative estimate of drug-likeness (QED) is 0.883. The van der Waals surface area contributed by atoms with E-state index in [-0.39, 0.29) is 17.8 Å². The van der Waals surface area contributed by atoms with Crippen LogP contribution in [-0.2, 0) is 0 Å². The Bertz CT molecular complexity index is 649. The Morgan fingerprint density at radius 2 is 2.29 bits per heavy atom. The van der Waals surface area contributed by atoms with E-state index in [9.17, 15) is 4.79 Å². The van der Waals surface area contributed by atoms with Gasteiger partial charge in [-0.15, -0.1) is 5.10 Å². The van der Waals surface area contributed by atoms with Gasteiger partial charge in [0.25, 0.3) is 5.91 Å². The standard InChI is InChI=1S/C15H18N4O2/c1-9(11-4-3-5-12(8-11)21-2)16-15(20)14-17-13(18-19-14)10-6-7-10/h3-5,8-10H,6-7H2,1-2H3,(H,16,20)(H,17,18,19). The third kappa shape index (κ3) is 3.04. The number of H-pyrrole nitrogens is 1. The van der Waals surface area contributed by atoms with Crippen LogP contribution in [0, 0.1) is 0 Å². The second kappa shape index (κ2) is 5.55. The van der Waals surface area contributed by atoms with Crippen molar-refractivity contribution in [1.29, 1.82) is 0 Å². The second-order valence-electron chi connectivity index (χ2n) is 5.29. The number of carbonyl (C=O) groups is 1. The first-order valence-electron chi connectivity index (χ1n) is 7.04. The molecule has 2 aromatic rings. The van der Waals surface area contributed by atoms with Gasteiger partial charge in [0.15, 0.2) is 0 Å².